The molecule has 0 aliphatic heterocycles. The molecule has 0 bridgehead atoms. The Morgan fingerprint density at radius 3 is 2.65 bits per heavy atom. The number of fused-ring (bicyclic) bond motifs is 1. The number of allylic oxidation sites excluding steroid dienone is 3. The zero-order valence-electron chi connectivity index (χ0n) is 16.4. The van der Waals surface area contributed by atoms with E-state index in [1.807, 2.05) is 0 Å². The van der Waals surface area contributed by atoms with Crippen LogP contribution in [-0.4, -0.2) is 23.7 Å². The molecule has 0 aromatic rings. The zero-order valence-corrected chi connectivity index (χ0v) is 16.4. The number of Topliss-reactive ketones (excluding diaryl/α,β-unsaturated/α-hetero) is 1. The molecule has 2 N–H and O–H groups in total. The predicted molar refractivity (Wildman–Crippen MR) is 103 cm³/mol. The number of ketones is 2. The highest BCUT2D eigenvalue weighted by Gasteiger charge is 2.54. The van der Waals surface area contributed by atoms with Gasteiger partial charge in [0.15, 0.2) is 0 Å². The molecule has 0 spiro atoms. The standard InChI is InChI=1S/C22H31NO3/c1-13-7-6-8-18-21(13,3)10-9-14(2)22(18,4)12-15-19(25)16(23-5)11-17(24)20(15)26/h11,14,18,23,25H,1,6-10,12H2,2-5H3/t14-,18+,21-,22+/m0/s1. The van der Waals surface area contributed by atoms with E-state index in [1.165, 1.54) is 11.6 Å². The fourth-order valence-electron chi connectivity index (χ4n) is 5.68. The van der Waals surface area contributed by atoms with Crippen LogP contribution >= 0.6 is 0 Å². The Balaban J connectivity index is 2.03. The zero-order chi connectivity index (χ0) is 19.3. The molecule has 4 nitrogen and oxygen atoms in total. The fourth-order valence-corrected chi connectivity index (χ4v) is 5.68. The van der Waals surface area contributed by atoms with Gasteiger partial charge < -0.3 is 10.4 Å². The molecule has 0 saturated heterocycles. The summed E-state index contributed by atoms with van der Waals surface area (Å²) in [6.07, 6.45) is 7.16. The molecule has 0 radical (unpaired) electrons. The topological polar surface area (TPSA) is 66.4 Å². The summed E-state index contributed by atoms with van der Waals surface area (Å²) < 4.78 is 0. The number of carbonyl (C=O) groups excluding carboxylic acids is 2. The average Bonchev–Trinajstić information content (AvgIpc) is 2.61. The van der Waals surface area contributed by atoms with Crippen molar-refractivity contribution in [3.63, 3.8) is 0 Å². The van der Waals surface area contributed by atoms with Crippen molar-refractivity contribution in [1.29, 1.82) is 0 Å². The third-order valence-corrected chi connectivity index (χ3v) is 7.71. The van der Waals surface area contributed by atoms with Crippen molar-refractivity contribution in [2.75, 3.05) is 7.05 Å². The number of hydrogen-bond acceptors (Lipinski definition) is 4. The second kappa shape index (κ2) is 6.40. The van der Waals surface area contributed by atoms with Crippen molar-refractivity contribution < 1.29 is 14.7 Å². The van der Waals surface area contributed by atoms with Crippen LogP contribution in [-0.2, 0) is 9.59 Å². The van der Waals surface area contributed by atoms with Crippen LogP contribution in [0.1, 0.15) is 59.3 Å². The number of rotatable bonds is 3. The van der Waals surface area contributed by atoms with Gasteiger partial charge in [-0.2, -0.15) is 0 Å². The molecule has 4 heteroatoms. The quantitative estimate of drug-likeness (QED) is 0.450. The summed E-state index contributed by atoms with van der Waals surface area (Å²) in [4.78, 5) is 24.7. The maximum Gasteiger partial charge on any atom is 0.232 e. The molecule has 3 aliphatic carbocycles. The fraction of sp³-hybridized carbons (Fsp3) is 0.636. The normalized spacial score (nSPS) is 38.2. The molecule has 142 valence electrons. The Labute approximate surface area is 156 Å². The molecule has 2 fully saturated rings. The van der Waals surface area contributed by atoms with Crippen LogP contribution in [0.15, 0.2) is 35.3 Å². The van der Waals surface area contributed by atoms with Crippen molar-refractivity contribution in [2.24, 2.45) is 22.7 Å². The Kier molecular flexibility index (Phi) is 4.66. The van der Waals surface area contributed by atoms with Crippen LogP contribution in [0.25, 0.3) is 0 Å². The lowest BCUT2D eigenvalue weighted by Crippen LogP contribution is -2.51. The predicted octanol–water partition coefficient (Wildman–Crippen LogP) is 4.24. The summed E-state index contributed by atoms with van der Waals surface area (Å²) in [5.74, 6) is -0.347. The Morgan fingerprint density at radius 2 is 2.00 bits per heavy atom. The maximum atomic E-state index is 12.6. The minimum absolute atomic E-state index is 0.0626. The number of carbonyl (C=O) groups is 2. The first-order valence-electron chi connectivity index (χ1n) is 9.74. The minimum Gasteiger partial charge on any atom is -0.505 e. The van der Waals surface area contributed by atoms with Crippen LogP contribution in [0, 0.1) is 22.7 Å². The Morgan fingerprint density at radius 1 is 1.31 bits per heavy atom. The first-order chi connectivity index (χ1) is 12.1. The number of aliphatic hydroxyl groups excluding tert-OH is 1. The highest BCUT2D eigenvalue weighted by molar-refractivity contribution is 6.48. The molecular weight excluding hydrogens is 326 g/mol. The van der Waals surface area contributed by atoms with Gasteiger partial charge in [-0.3, -0.25) is 9.59 Å². The van der Waals surface area contributed by atoms with Gasteiger partial charge in [-0.15, -0.1) is 0 Å². The minimum atomic E-state index is -0.558. The molecule has 26 heavy (non-hydrogen) atoms. The highest BCUT2D eigenvalue weighted by Crippen LogP contribution is 2.63. The van der Waals surface area contributed by atoms with E-state index in [0.717, 1.165) is 32.1 Å². The van der Waals surface area contributed by atoms with Crippen molar-refractivity contribution in [3.8, 4) is 0 Å². The Hall–Kier alpha value is -1.84. The van der Waals surface area contributed by atoms with E-state index in [-0.39, 0.29) is 22.2 Å². The summed E-state index contributed by atoms with van der Waals surface area (Å²) in [7, 11) is 1.65. The molecule has 0 amide bonds. The van der Waals surface area contributed by atoms with Crippen molar-refractivity contribution in [1.82, 2.24) is 5.32 Å². The lowest BCUT2D eigenvalue weighted by atomic mass is 9.46. The molecular formula is C22H31NO3. The first-order valence-corrected chi connectivity index (χ1v) is 9.74. The van der Waals surface area contributed by atoms with Crippen LogP contribution in [0.5, 0.6) is 0 Å². The second-order valence-corrected chi connectivity index (χ2v) is 8.92. The third-order valence-electron chi connectivity index (χ3n) is 7.71. The third kappa shape index (κ3) is 2.65. The van der Waals surface area contributed by atoms with Gasteiger partial charge in [0.1, 0.15) is 5.76 Å². The van der Waals surface area contributed by atoms with E-state index in [4.69, 9.17) is 0 Å². The smallest absolute Gasteiger partial charge is 0.232 e. The molecule has 0 unspecified atom stereocenters. The molecule has 0 heterocycles. The SMILES string of the molecule is C=C1CCC[C@H]2[C@](C)(CC3=C(O)C(NC)=CC(=O)C3=O)[C@@H](C)CC[C@@]12C. The van der Waals surface area contributed by atoms with Crippen molar-refractivity contribution in [3.05, 3.63) is 35.3 Å². The van der Waals surface area contributed by atoms with Gasteiger partial charge >= 0.3 is 0 Å². The molecule has 2 saturated carbocycles. The number of aliphatic hydroxyl groups is 1. The number of hydrogen-bond donors (Lipinski definition) is 2. The average molecular weight is 357 g/mol. The van der Waals surface area contributed by atoms with Crippen LogP contribution in [0.4, 0.5) is 0 Å². The lowest BCUT2D eigenvalue weighted by molar-refractivity contribution is -0.132. The first kappa shape index (κ1) is 18.9. The molecule has 3 aliphatic rings. The van der Waals surface area contributed by atoms with Gasteiger partial charge in [-0.05, 0) is 61.2 Å². The van der Waals surface area contributed by atoms with Crippen molar-refractivity contribution >= 4 is 11.6 Å². The van der Waals surface area contributed by atoms with Crippen LogP contribution in [0.3, 0.4) is 0 Å². The largest absolute Gasteiger partial charge is 0.505 e. The summed E-state index contributed by atoms with van der Waals surface area (Å²) in [5.41, 5.74) is 1.88. The van der Waals surface area contributed by atoms with E-state index in [2.05, 4.69) is 32.7 Å². The summed E-state index contributed by atoms with van der Waals surface area (Å²) >= 11 is 0. The highest BCUT2D eigenvalue weighted by atomic mass is 16.3. The second-order valence-electron chi connectivity index (χ2n) is 8.92. The van der Waals surface area contributed by atoms with E-state index >= 15 is 0 Å². The van der Waals surface area contributed by atoms with Crippen molar-refractivity contribution in [2.45, 2.75) is 59.3 Å². The van der Waals surface area contributed by atoms with Gasteiger partial charge in [0.2, 0.25) is 11.6 Å². The van der Waals surface area contributed by atoms with Gasteiger partial charge in [0.25, 0.3) is 0 Å². The number of nitrogens with one attached hydrogen (secondary N) is 1. The van der Waals surface area contributed by atoms with Crippen LogP contribution < -0.4 is 5.32 Å². The monoisotopic (exact) mass is 357 g/mol. The van der Waals surface area contributed by atoms with Gasteiger partial charge in [-0.1, -0.05) is 32.9 Å². The van der Waals surface area contributed by atoms with E-state index in [9.17, 15) is 14.7 Å². The van der Waals surface area contributed by atoms with Gasteiger partial charge in [0.05, 0.1) is 5.70 Å². The molecule has 3 rings (SSSR count). The lowest BCUT2D eigenvalue weighted by Gasteiger charge is -2.59. The molecule has 0 aromatic carbocycles. The van der Waals surface area contributed by atoms with E-state index in [0.29, 0.717) is 24.0 Å². The van der Waals surface area contributed by atoms with E-state index in [1.54, 1.807) is 7.05 Å². The molecule has 0 aromatic heterocycles. The summed E-state index contributed by atoms with van der Waals surface area (Å²) in [6, 6.07) is 0. The maximum absolute atomic E-state index is 12.6. The van der Waals surface area contributed by atoms with Crippen LogP contribution in [0.2, 0.25) is 0 Å². The molecule has 4 atom stereocenters. The number of likely N-dealkylation sites (N-methyl/N-ethyl adjacent to an activating group) is 1. The summed E-state index contributed by atoms with van der Waals surface area (Å²) in [6.45, 7) is 11.2. The summed E-state index contributed by atoms with van der Waals surface area (Å²) in [5, 5.41) is 13.5. The van der Waals surface area contributed by atoms with Gasteiger partial charge in [-0.25, -0.2) is 0 Å². The van der Waals surface area contributed by atoms with Gasteiger partial charge in [0, 0.05) is 18.7 Å². The Bertz CT molecular complexity index is 732. The van der Waals surface area contributed by atoms with E-state index < -0.39 is 11.6 Å².